The van der Waals surface area contributed by atoms with E-state index in [1.807, 2.05) is 19.2 Å². The Bertz CT molecular complexity index is 1180. The van der Waals surface area contributed by atoms with Crippen LogP contribution in [0.2, 0.25) is 0 Å². The van der Waals surface area contributed by atoms with Gasteiger partial charge >= 0.3 is 0 Å². The Kier molecular flexibility index (Phi) is 5.31. The molecular formula is C24H27F2N5O. The van der Waals surface area contributed by atoms with E-state index in [1.165, 1.54) is 31.9 Å². The van der Waals surface area contributed by atoms with Crippen molar-refractivity contribution in [3.05, 3.63) is 58.4 Å². The fourth-order valence-electron chi connectivity index (χ4n) is 4.88. The third-order valence-corrected chi connectivity index (χ3v) is 6.64. The molecule has 0 saturated carbocycles. The highest BCUT2D eigenvalue weighted by atomic mass is 19.2. The van der Waals surface area contributed by atoms with E-state index >= 15 is 0 Å². The molecule has 2 fully saturated rings. The predicted molar refractivity (Wildman–Crippen MR) is 118 cm³/mol. The Hall–Kier alpha value is -3.03. The highest BCUT2D eigenvalue weighted by Gasteiger charge is 2.33. The molecule has 32 heavy (non-hydrogen) atoms. The monoisotopic (exact) mass is 439 g/mol. The summed E-state index contributed by atoms with van der Waals surface area (Å²) in [5.74, 6) is -1.56. The van der Waals surface area contributed by atoms with Crippen LogP contribution in [0.4, 0.5) is 14.6 Å². The lowest BCUT2D eigenvalue weighted by atomic mass is 9.98. The summed E-state index contributed by atoms with van der Waals surface area (Å²) < 4.78 is 30.4. The van der Waals surface area contributed by atoms with Crippen LogP contribution in [0.3, 0.4) is 0 Å². The maximum atomic E-state index is 14.5. The van der Waals surface area contributed by atoms with Crippen molar-refractivity contribution in [1.29, 1.82) is 0 Å². The molecule has 2 aliphatic heterocycles. The number of nitrogens with zero attached hydrogens (tertiary/aromatic N) is 5. The maximum absolute atomic E-state index is 14.5. The topological polar surface area (TPSA) is 53.7 Å². The molecular weight excluding hydrogens is 412 g/mol. The van der Waals surface area contributed by atoms with Crippen molar-refractivity contribution in [3.8, 4) is 0 Å². The van der Waals surface area contributed by atoms with Gasteiger partial charge in [-0.05, 0) is 57.6 Å². The molecule has 1 amide bonds. The fourth-order valence-corrected chi connectivity index (χ4v) is 4.88. The van der Waals surface area contributed by atoms with Crippen LogP contribution in [0.15, 0.2) is 24.4 Å². The summed E-state index contributed by atoms with van der Waals surface area (Å²) in [6, 6.07) is 4.44. The van der Waals surface area contributed by atoms with E-state index in [4.69, 9.17) is 10.1 Å². The van der Waals surface area contributed by atoms with Gasteiger partial charge in [0, 0.05) is 37.5 Å². The van der Waals surface area contributed by atoms with Gasteiger partial charge in [-0.3, -0.25) is 4.79 Å². The molecule has 0 aliphatic carbocycles. The molecule has 168 valence electrons. The first-order valence-electron chi connectivity index (χ1n) is 11.3. The standard InChI is InChI=1S/C24H27F2N5O/c1-15-8-9-17(22(26)21(15)25)24(32)30-12-4-3-7-19(30)18-13-20-27-23(29-10-5-6-11-29)16(2)14-31(20)28-18/h8-9,13-14,19H,3-7,10-12H2,1-2H3. The number of benzene rings is 1. The van der Waals surface area contributed by atoms with Crippen LogP contribution in [0, 0.1) is 25.5 Å². The first-order chi connectivity index (χ1) is 15.4. The lowest BCUT2D eigenvalue weighted by Gasteiger charge is -2.34. The Morgan fingerprint density at radius 1 is 1.00 bits per heavy atom. The Labute approximate surface area is 185 Å². The molecule has 3 aromatic rings. The van der Waals surface area contributed by atoms with Gasteiger partial charge < -0.3 is 9.80 Å². The smallest absolute Gasteiger partial charge is 0.257 e. The molecule has 0 radical (unpaired) electrons. The number of amides is 1. The fraction of sp³-hybridized carbons (Fsp3) is 0.458. The number of aryl methyl sites for hydroxylation is 2. The van der Waals surface area contributed by atoms with Crippen LogP contribution < -0.4 is 4.90 Å². The number of hydrogen-bond donors (Lipinski definition) is 0. The van der Waals surface area contributed by atoms with E-state index in [0.29, 0.717) is 6.54 Å². The van der Waals surface area contributed by atoms with Gasteiger partial charge in [-0.25, -0.2) is 18.3 Å². The van der Waals surface area contributed by atoms with Gasteiger partial charge in [0.15, 0.2) is 17.3 Å². The lowest BCUT2D eigenvalue weighted by molar-refractivity contribution is 0.0599. The zero-order valence-corrected chi connectivity index (χ0v) is 18.4. The van der Waals surface area contributed by atoms with Crippen molar-refractivity contribution in [1.82, 2.24) is 19.5 Å². The minimum atomic E-state index is -1.08. The number of rotatable bonds is 3. The van der Waals surface area contributed by atoms with E-state index in [9.17, 15) is 13.6 Å². The number of anilines is 1. The largest absolute Gasteiger partial charge is 0.356 e. The number of hydrogen-bond acceptors (Lipinski definition) is 4. The molecule has 1 atom stereocenters. The van der Waals surface area contributed by atoms with Gasteiger partial charge in [0.2, 0.25) is 0 Å². The Morgan fingerprint density at radius 3 is 2.53 bits per heavy atom. The normalized spacial score (nSPS) is 19.2. The number of carbonyl (C=O) groups excluding carboxylic acids is 1. The molecule has 4 heterocycles. The summed E-state index contributed by atoms with van der Waals surface area (Å²) in [7, 11) is 0. The summed E-state index contributed by atoms with van der Waals surface area (Å²) >= 11 is 0. The second-order valence-corrected chi connectivity index (χ2v) is 8.88. The van der Waals surface area contributed by atoms with Crippen molar-refractivity contribution in [2.24, 2.45) is 0 Å². The SMILES string of the molecule is Cc1cn2nc(C3CCCCN3C(=O)c3ccc(C)c(F)c3F)cc2nc1N1CCCC1. The Balaban J connectivity index is 1.49. The van der Waals surface area contributed by atoms with Gasteiger partial charge in [-0.2, -0.15) is 5.10 Å². The van der Waals surface area contributed by atoms with Gasteiger partial charge in [0.05, 0.1) is 17.3 Å². The highest BCUT2D eigenvalue weighted by Crippen LogP contribution is 2.33. The van der Waals surface area contributed by atoms with E-state index in [0.717, 1.165) is 55.1 Å². The number of carbonyl (C=O) groups is 1. The van der Waals surface area contributed by atoms with Crippen LogP contribution >= 0.6 is 0 Å². The summed E-state index contributed by atoms with van der Waals surface area (Å²) in [6.45, 7) is 6.02. The molecule has 1 unspecified atom stereocenters. The van der Waals surface area contributed by atoms with Crippen molar-refractivity contribution >= 4 is 17.4 Å². The Morgan fingerprint density at radius 2 is 1.75 bits per heavy atom. The molecule has 0 N–H and O–H groups in total. The number of piperidine rings is 1. The van der Waals surface area contributed by atoms with Crippen LogP contribution in [0.5, 0.6) is 0 Å². The van der Waals surface area contributed by atoms with Crippen LogP contribution in [-0.4, -0.2) is 45.0 Å². The third-order valence-electron chi connectivity index (χ3n) is 6.64. The molecule has 6 nitrogen and oxygen atoms in total. The first-order valence-corrected chi connectivity index (χ1v) is 11.3. The summed E-state index contributed by atoms with van der Waals surface area (Å²) in [5, 5.41) is 4.72. The second kappa shape index (κ2) is 8.15. The highest BCUT2D eigenvalue weighted by molar-refractivity contribution is 5.95. The maximum Gasteiger partial charge on any atom is 0.257 e. The average molecular weight is 440 g/mol. The van der Waals surface area contributed by atoms with E-state index in [-0.39, 0.29) is 17.2 Å². The van der Waals surface area contributed by atoms with Crippen molar-refractivity contribution in [2.45, 2.75) is 52.0 Å². The molecule has 5 rings (SSSR count). The van der Waals surface area contributed by atoms with Gasteiger partial charge in [-0.1, -0.05) is 6.07 Å². The molecule has 1 aromatic carbocycles. The molecule has 0 spiro atoms. The predicted octanol–water partition coefficient (Wildman–Crippen LogP) is 4.59. The zero-order valence-electron chi connectivity index (χ0n) is 18.4. The number of halogens is 2. The van der Waals surface area contributed by atoms with Crippen LogP contribution in [-0.2, 0) is 0 Å². The zero-order chi connectivity index (χ0) is 22.4. The minimum Gasteiger partial charge on any atom is -0.356 e. The summed E-state index contributed by atoms with van der Waals surface area (Å²) in [6.07, 6.45) is 6.81. The van der Waals surface area contributed by atoms with Crippen LogP contribution in [0.25, 0.3) is 5.65 Å². The third kappa shape index (κ3) is 3.51. The number of likely N-dealkylation sites (tertiary alicyclic amines) is 1. The van der Waals surface area contributed by atoms with E-state index in [2.05, 4.69) is 4.90 Å². The van der Waals surface area contributed by atoms with Crippen molar-refractivity contribution in [3.63, 3.8) is 0 Å². The summed E-state index contributed by atoms with van der Waals surface area (Å²) in [4.78, 5) is 22.0. The van der Waals surface area contributed by atoms with Gasteiger partial charge in [0.25, 0.3) is 5.91 Å². The molecule has 0 bridgehead atoms. The number of fused-ring (bicyclic) bond motifs is 1. The molecule has 2 aromatic heterocycles. The van der Waals surface area contributed by atoms with Crippen LogP contribution in [0.1, 0.15) is 65.3 Å². The van der Waals surface area contributed by atoms with E-state index in [1.54, 1.807) is 9.42 Å². The quantitative estimate of drug-likeness (QED) is 0.599. The molecule has 2 aliphatic rings. The first kappa shape index (κ1) is 20.8. The van der Waals surface area contributed by atoms with Gasteiger partial charge in [0.1, 0.15) is 5.82 Å². The molecule has 2 saturated heterocycles. The average Bonchev–Trinajstić information content (AvgIpc) is 3.46. The number of aromatic nitrogens is 3. The van der Waals surface area contributed by atoms with Gasteiger partial charge in [-0.15, -0.1) is 0 Å². The van der Waals surface area contributed by atoms with Crippen molar-refractivity contribution < 1.29 is 13.6 Å². The van der Waals surface area contributed by atoms with E-state index < -0.39 is 17.5 Å². The minimum absolute atomic E-state index is 0.185. The second-order valence-electron chi connectivity index (χ2n) is 8.88. The van der Waals surface area contributed by atoms with Crippen molar-refractivity contribution in [2.75, 3.05) is 24.5 Å². The summed E-state index contributed by atoms with van der Waals surface area (Å²) in [5.41, 5.74) is 2.48. The lowest BCUT2D eigenvalue weighted by Crippen LogP contribution is -2.39. The molecule has 8 heteroatoms.